The predicted octanol–water partition coefficient (Wildman–Crippen LogP) is 4.89. The zero-order valence-electron chi connectivity index (χ0n) is 18.9. The standard InChI is InChI=1S/C25H27FN6O/c1-3-18-14-23(25(33)31-12-6-4-5-7-16(31)2)28-24-15-22(30-32(18)24)19-9-8-17(13-20(19)26)21-10-11-27-29-21/h8-11,13-16H,3-7,12H2,1-2H3,(H,27,29). The molecule has 3 aromatic heterocycles. The van der Waals surface area contributed by atoms with E-state index in [1.54, 1.807) is 28.9 Å². The first-order valence-electron chi connectivity index (χ1n) is 11.6. The number of nitrogens with zero attached hydrogens (tertiary/aromatic N) is 5. The third-order valence-corrected chi connectivity index (χ3v) is 6.45. The number of hydrogen-bond donors (Lipinski definition) is 1. The van der Waals surface area contributed by atoms with E-state index in [0.717, 1.165) is 43.6 Å². The highest BCUT2D eigenvalue weighted by atomic mass is 19.1. The van der Waals surface area contributed by atoms with Crippen molar-refractivity contribution < 1.29 is 9.18 Å². The van der Waals surface area contributed by atoms with Crippen LogP contribution in [0.1, 0.15) is 55.7 Å². The lowest BCUT2D eigenvalue weighted by Gasteiger charge is -2.27. The lowest BCUT2D eigenvalue weighted by Crippen LogP contribution is -2.38. The summed E-state index contributed by atoms with van der Waals surface area (Å²) in [5, 5.41) is 11.4. The maximum absolute atomic E-state index is 15.0. The molecule has 8 heteroatoms. The van der Waals surface area contributed by atoms with E-state index < -0.39 is 0 Å². The number of amides is 1. The molecule has 1 unspecified atom stereocenters. The zero-order valence-corrected chi connectivity index (χ0v) is 18.9. The normalized spacial score (nSPS) is 16.8. The molecule has 170 valence electrons. The van der Waals surface area contributed by atoms with Crippen LogP contribution in [0.5, 0.6) is 0 Å². The molecule has 1 atom stereocenters. The van der Waals surface area contributed by atoms with E-state index in [2.05, 4.69) is 27.2 Å². The number of halogens is 1. The second-order valence-electron chi connectivity index (χ2n) is 8.65. The van der Waals surface area contributed by atoms with Gasteiger partial charge >= 0.3 is 0 Å². The first kappa shape index (κ1) is 21.3. The number of rotatable bonds is 4. The van der Waals surface area contributed by atoms with Crippen LogP contribution in [-0.2, 0) is 6.42 Å². The van der Waals surface area contributed by atoms with Gasteiger partial charge in [0.25, 0.3) is 5.91 Å². The third kappa shape index (κ3) is 4.01. The van der Waals surface area contributed by atoms with Gasteiger partial charge in [0.15, 0.2) is 5.65 Å². The van der Waals surface area contributed by atoms with E-state index >= 15 is 4.39 Å². The van der Waals surface area contributed by atoms with E-state index in [1.165, 1.54) is 6.07 Å². The van der Waals surface area contributed by atoms with Crippen LogP contribution in [0.15, 0.2) is 42.6 Å². The summed E-state index contributed by atoms with van der Waals surface area (Å²) >= 11 is 0. The molecule has 33 heavy (non-hydrogen) atoms. The molecule has 4 aromatic rings. The van der Waals surface area contributed by atoms with Gasteiger partial charge in [0.05, 0.1) is 11.4 Å². The first-order valence-corrected chi connectivity index (χ1v) is 11.6. The zero-order chi connectivity index (χ0) is 22.9. The van der Waals surface area contributed by atoms with Gasteiger partial charge in [-0.2, -0.15) is 10.2 Å². The van der Waals surface area contributed by atoms with Gasteiger partial charge in [-0.25, -0.2) is 13.9 Å². The van der Waals surface area contributed by atoms with Crippen LogP contribution < -0.4 is 0 Å². The second-order valence-corrected chi connectivity index (χ2v) is 8.65. The number of nitrogens with one attached hydrogen (secondary N) is 1. The Labute approximate surface area is 191 Å². The first-order chi connectivity index (χ1) is 16.0. The fourth-order valence-corrected chi connectivity index (χ4v) is 4.56. The van der Waals surface area contributed by atoms with E-state index in [9.17, 15) is 4.79 Å². The van der Waals surface area contributed by atoms with Gasteiger partial charge in [-0.15, -0.1) is 0 Å². The minimum atomic E-state index is -0.377. The van der Waals surface area contributed by atoms with Crippen LogP contribution in [0.3, 0.4) is 0 Å². The summed E-state index contributed by atoms with van der Waals surface area (Å²) < 4.78 is 16.7. The average molecular weight is 447 g/mol. The van der Waals surface area contributed by atoms with Gasteiger partial charge in [-0.3, -0.25) is 9.89 Å². The van der Waals surface area contributed by atoms with E-state index in [1.807, 2.05) is 24.0 Å². The summed E-state index contributed by atoms with van der Waals surface area (Å²) in [7, 11) is 0. The van der Waals surface area contributed by atoms with Gasteiger partial charge in [0.2, 0.25) is 0 Å². The van der Waals surface area contributed by atoms with Gasteiger partial charge in [0, 0.05) is 41.7 Å². The monoisotopic (exact) mass is 446 g/mol. The summed E-state index contributed by atoms with van der Waals surface area (Å²) in [6.07, 6.45) is 6.64. The molecule has 7 nitrogen and oxygen atoms in total. The molecule has 0 radical (unpaired) electrons. The number of carbonyl (C=O) groups is 1. The highest BCUT2D eigenvalue weighted by Gasteiger charge is 2.25. The number of fused-ring (bicyclic) bond motifs is 1. The molecular formula is C25H27FN6O. The van der Waals surface area contributed by atoms with Crippen LogP contribution in [0, 0.1) is 5.82 Å². The Balaban J connectivity index is 1.52. The van der Waals surface area contributed by atoms with Gasteiger partial charge in [-0.1, -0.05) is 25.8 Å². The second kappa shape index (κ2) is 8.77. The van der Waals surface area contributed by atoms with Crippen molar-refractivity contribution in [2.45, 2.75) is 52.0 Å². The number of benzene rings is 1. The van der Waals surface area contributed by atoms with Crippen molar-refractivity contribution in [1.29, 1.82) is 0 Å². The summed E-state index contributed by atoms with van der Waals surface area (Å²) in [6, 6.07) is 10.6. The molecule has 1 fully saturated rings. The molecule has 1 saturated heterocycles. The van der Waals surface area contributed by atoms with Crippen molar-refractivity contribution in [3.8, 4) is 22.5 Å². The smallest absolute Gasteiger partial charge is 0.272 e. The largest absolute Gasteiger partial charge is 0.335 e. The van der Waals surface area contributed by atoms with Crippen LogP contribution >= 0.6 is 0 Å². The molecule has 4 heterocycles. The molecule has 1 aliphatic heterocycles. The molecular weight excluding hydrogens is 419 g/mol. The number of aromatic amines is 1. The maximum Gasteiger partial charge on any atom is 0.272 e. The van der Waals surface area contributed by atoms with Gasteiger partial charge in [0.1, 0.15) is 11.5 Å². The van der Waals surface area contributed by atoms with Crippen molar-refractivity contribution in [1.82, 2.24) is 29.7 Å². The molecule has 0 spiro atoms. The average Bonchev–Trinajstić information content (AvgIpc) is 3.45. The topological polar surface area (TPSA) is 79.2 Å². The summed E-state index contributed by atoms with van der Waals surface area (Å²) in [4.78, 5) is 19.9. The van der Waals surface area contributed by atoms with Crippen molar-refractivity contribution in [2.75, 3.05) is 6.54 Å². The molecule has 1 amide bonds. The van der Waals surface area contributed by atoms with Gasteiger partial charge in [-0.05, 0) is 50.5 Å². The van der Waals surface area contributed by atoms with Crippen LogP contribution in [0.4, 0.5) is 4.39 Å². The minimum Gasteiger partial charge on any atom is -0.335 e. The molecule has 0 bridgehead atoms. The lowest BCUT2D eigenvalue weighted by atomic mass is 10.1. The highest BCUT2D eigenvalue weighted by molar-refractivity contribution is 5.93. The van der Waals surface area contributed by atoms with Crippen molar-refractivity contribution in [3.63, 3.8) is 0 Å². The van der Waals surface area contributed by atoms with Crippen LogP contribution in [0.25, 0.3) is 28.2 Å². The Kier molecular flexibility index (Phi) is 5.66. The summed E-state index contributed by atoms with van der Waals surface area (Å²) in [5.74, 6) is -0.419. The Bertz CT molecular complexity index is 1300. The molecule has 1 aliphatic rings. The van der Waals surface area contributed by atoms with Gasteiger partial charge < -0.3 is 4.90 Å². The third-order valence-electron chi connectivity index (χ3n) is 6.45. The molecule has 1 aromatic carbocycles. The van der Waals surface area contributed by atoms with Crippen molar-refractivity contribution >= 4 is 11.6 Å². The number of aryl methyl sites for hydroxylation is 1. The van der Waals surface area contributed by atoms with Crippen LogP contribution in [0.2, 0.25) is 0 Å². The van der Waals surface area contributed by atoms with E-state index in [0.29, 0.717) is 34.6 Å². The quantitative estimate of drug-likeness (QED) is 0.484. The Morgan fingerprint density at radius 2 is 2.06 bits per heavy atom. The predicted molar refractivity (Wildman–Crippen MR) is 124 cm³/mol. The Morgan fingerprint density at radius 3 is 2.82 bits per heavy atom. The summed E-state index contributed by atoms with van der Waals surface area (Å²) in [5.41, 5.74) is 4.17. The fraction of sp³-hybridized carbons (Fsp3) is 0.360. The highest BCUT2D eigenvalue weighted by Crippen LogP contribution is 2.28. The number of hydrogen-bond acceptors (Lipinski definition) is 4. The lowest BCUT2D eigenvalue weighted by molar-refractivity contribution is 0.0692. The molecule has 1 N–H and O–H groups in total. The Morgan fingerprint density at radius 1 is 1.18 bits per heavy atom. The SMILES string of the molecule is CCc1cc(C(=O)N2CCCCCC2C)nc2cc(-c3ccc(-c4ccn[nH]4)cc3F)nn12. The van der Waals surface area contributed by atoms with Crippen LogP contribution in [-0.4, -0.2) is 48.2 Å². The fourth-order valence-electron chi connectivity index (χ4n) is 4.56. The van der Waals surface area contributed by atoms with Crippen molar-refractivity contribution in [3.05, 3.63) is 59.8 Å². The van der Waals surface area contributed by atoms with E-state index in [-0.39, 0.29) is 17.8 Å². The van der Waals surface area contributed by atoms with E-state index in [4.69, 9.17) is 0 Å². The maximum atomic E-state index is 15.0. The molecule has 5 rings (SSSR count). The molecule has 0 aliphatic carbocycles. The molecule has 0 saturated carbocycles. The summed E-state index contributed by atoms with van der Waals surface area (Å²) in [6.45, 7) is 4.88. The number of H-pyrrole nitrogens is 1. The minimum absolute atomic E-state index is 0.0422. The number of likely N-dealkylation sites (tertiary alicyclic amines) is 1. The van der Waals surface area contributed by atoms with Crippen molar-refractivity contribution in [2.24, 2.45) is 0 Å². The Hall–Kier alpha value is -3.55. The number of carbonyl (C=O) groups excluding carboxylic acids is 1. The number of aromatic nitrogens is 5.